The average Bonchev–Trinajstić information content (AvgIpc) is 3.87. The molecular formula is C49H73IN10O13. The number of nitrogens with zero attached hydrogens (tertiary/aromatic N) is 8. The molecule has 3 aromatic rings. The molecule has 0 aromatic carbocycles. The van der Waals surface area contributed by atoms with E-state index in [1.165, 1.54) is 12.1 Å². The summed E-state index contributed by atoms with van der Waals surface area (Å²) in [6.45, 7) is 9.58. The Morgan fingerprint density at radius 2 is 1.30 bits per heavy atom. The van der Waals surface area contributed by atoms with Gasteiger partial charge in [-0.15, -0.1) is 0 Å². The Bertz CT molecular complexity index is 2120. The van der Waals surface area contributed by atoms with Gasteiger partial charge in [0.25, 0.3) is 0 Å². The first kappa shape index (κ1) is 57.8. The second kappa shape index (κ2) is 31.4. The van der Waals surface area contributed by atoms with E-state index in [0.29, 0.717) is 89.2 Å². The van der Waals surface area contributed by atoms with Crippen molar-refractivity contribution in [3.63, 3.8) is 0 Å². The summed E-state index contributed by atoms with van der Waals surface area (Å²) in [4.78, 5) is 64.2. The summed E-state index contributed by atoms with van der Waals surface area (Å²) in [5.41, 5.74) is 2.89. The Hall–Kier alpha value is -4.51. The molecule has 3 aliphatic rings. The van der Waals surface area contributed by atoms with E-state index in [1.54, 1.807) is 24.3 Å². The van der Waals surface area contributed by atoms with E-state index in [9.17, 15) is 29.4 Å². The molecule has 0 bridgehead atoms. The van der Waals surface area contributed by atoms with Crippen LogP contribution in [0.1, 0.15) is 82.0 Å². The number of alkyl carbamates (subject to hydrolysis) is 1. The summed E-state index contributed by atoms with van der Waals surface area (Å²) in [5.74, 6) is -1.27. The second-order valence-corrected chi connectivity index (χ2v) is 19.9. The Balaban J connectivity index is 0.867. The molecule has 4 N–H and O–H groups in total. The highest BCUT2D eigenvalue weighted by molar-refractivity contribution is 14.1. The van der Waals surface area contributed by atoms with Gasteiger partial charge in [-0.2, -0.15) is 15.0 Å². The molecule has 404 valence electrons. The van der Waals surface area contributed by atoms with Crippen molar-refractivity contribution in [1.82, 2.24) is 48.5 Å². The summed E-state index contributed by atoms with van der Waals surface area (Å²) in [7, 11) is 2.06. The van der Waals surface area contributed by atoms with E-state index in [-0.39, 0.29) is 89.1 Å². The Morgan fingerprint density at radius 3 is 1.88 bits per heavy atom. The van der Waals surface area contributed by atoms with E-state index in [2.05, 4.69) is 65.5 Å². The third-order valence-electron chi connectivity index (χ3n) is 13.0. The molecule has 0 spiro atoms. The zero-order valence-corrected chi connectivity index (χ0v) is 44.2. The van der Waals surface area contributed by atoms with Gasteiger partial charge in [-0.1, -0.05) is 12.1 Å². The van der Waals surface area contributed by atoms with Crippen LogP contribution in [0.3, 0.4) is 0 Å². The van der Waals surface area contributed by atoms with Gasteiger partial charge < -0.3 is 54.0 Å². The van der Waals surface area contributed by atoms with E-state index < -0.39 is 30.0 Å². The fourth-order valence-electron chi connectivity index (χ4n) is 8.96. The average molecular weight is 1140 g/mol. The lowest BCUT2D eigenvalue weighted by Crippen LogP contribution is -2.44. The van der Waals surface area contributed by atoms with Crippen LogP contribution >= 0.6 is 22.9 Å². The molecule has 2 amide bonds. The molecule has 24 heteroatoms. The van der Waals surface area contributed by atoms with Crippen LogP contribution in [0.5, 0.6) is 0 Å². The van der Waals surface area contributed by atoms with Crippen LogP contribution in [0.2, 0.25) is 0 Å². The van der Waals surface area contributed by atoms with Crippen LogP contribution in [0.4, 0.5) is 4.79 Å². The zero-order chi connectivity index (χ0) is 51.8. The quantitative estimate of drug-likeness (QED) is 0.0640. The van der Waals surface area contributed by atoms with Crippen molar-refractivity contribution in [2.75, 3.05) is 139 Å². The molecule has 4 heterocycles. The maximum atomic E-state index is 14.0. The summed E-state index contributed by atoms with van der Waals surface area (Å²) < 4.78 is 42.6. The molecule has 1 saturated heterocycles. The van der Waals surface area contributed by atoms with Crippen LogP contribution in [-0.4, -0.2) is 211 Å². The van der Waals surface area contributed by atoms with Crippen LogP contribution in [0.15, 0.2) is 36.4 Å². The molecule has 1 aliphatic heterocycles. The Labute approximate surface area is 440 Å². The molecule has 0 radical (unpaired) electrons. The van der Waals surface area contributed by atoms with Crippen molar-refractivity contribution in [3.8, 4) is 0 Å². The van der Waals surface area contributed by atoms with Gasteiger partial charge in [-0.25, -0.2) is 24.4 Å². The number of fused-ring (bicyclic) bond motifs is 2. The number of nitrogens with one attached hydrogen (secondary N) is 2. The van der Waals surface area contributed by atoms with E-state index in [4.69, 9.17) is 43.4 Å². The van der Waals surface area contributed by atoms with E-state index in [0.717, 1.165) is 50.0 Å². The number of rotatable bonds is 22. The number of pyridine rings is 2. The standard InChI is InChI=1S/C49H73IN10O13/c1-35(13-16-57(2)50)60-55-40-11-9-37-38(10-12-41(40)56-60)39(37)34-73-49(66)52-15-22-68-28-27-67-21-14-51-46(61)45(42-6-4-8-44(54-42)48(64)65)59-19-25-71-31-29-69-23-17-58(18-24-70-30-32-72-26-20-59)33-36-5-3-7-43(53-36)47(62)63/h3-8,35,37-39,45H,9-34H2,1-2H3,(H,51,61)(H,52,66)(H,62,63)(H,64,65)/t35?,37-,38+,39-,45?. The van der Waals surface area contributed by atoms with Gasteiger partial charge in [0.2, 0.25) is 5.91 Å². The minimum atomic E-state index is -1.22. The number of carbonyl (C=O) groups is 4. The van der Waals surface area contributed by atoms with Gasteiger partial charge in [0.1, 0.15) is 17.4 Å². The van der Waals surface area contributed by atoms with Crippen LogP contribution in [0.25, 0.3) is 0 Å². The largest absolute Gasteiger partial charge is 0.477 e. The summed E-state index contributed by atoms with van der Waals surface area (Å²) in [5, 5.41) is 34.5. The number of hydrogen-bond donors (Lipinski definition) is 4. The van der Waals surface area contributed by atoms with Gasteiger partial charge in [-0.05, 0) is 88.1 Å². The number of amides is 2. The number of ether oxygens (including phenoxy) is 7. The van der Waals surface area contributed by atoms with Gasteiger partial charge in [0.05, 0.1) is 115 Å². The number of carbonyl (C=O) groups excluding carboxylic acids is 2. The summed E-state index contributed by atoms with van der Waals surface area (Å²) in [6, 6.07) is 8.74. The fraction of sp³-hybridized carbons (Fsp3) is 0.673. The number of carboxylic acids is 2. The monoisotopic (exact) mass is 1140 g/mol. The number of hydrogen-bond acceptors (Lipinski definition) is 18. The summed E-state index contributed by atoms with van der Waals surface area (Å²) in [6.07, 6.45) is 4.39. The first-order chi connectivity index (χ1) is 35.5. The third kappa shape index (κ3) is 19.9. The number of aryl methyl sites for hydroxylation is 2. The Morgan fingerprint density at radius 1 is 0.753 bits per heavy atom. The maximum Gasteiger partial charge on any atom is 0.407 e. The minimum Gasteiger partial charge on any atom is -0.477 e. The predicted molar refractivity (Wildman–Crippen MR) is 272 cm³/mol. The summed E-state index contributed by atoms with van der Waals surface area (Å²) >= 11 is 2.30. The normalized spacial score (nSPS) is 20.7. The predicted octanol–water partition coefficient (Wildman–Crippen LogP) is 2.94. The molecular weight excluding hydrogens is 1060 g/mol. The third-order valence-corrected chi connectivity index (χ3v) is 13.5. The molecule has 6 rings (SSSR count). The number of aromatic nitrogens is 5. The first-order valence-corrected chi connectivity index (χ1v) is 26.3. The molecule has 3 aromatic heterocycles. The maximum absolute atomic E-state index is 14.0. The molecule has 23 nitrogen and oxygen atoms in total. The molecule has 5 atom stereocenters. The highest BCUT2D eigenvalue weighted by atomic mass is 127. The number of halogens is 1. The van der Waals surface area contributed by atoms with Gasteiger partial charge in [0.15, 0.2) is 0 Å². The van der Waals surface area contributed by atoms with Crippen molar-refractivity contribution in [1.29, 1.82) is 0 Å². The van der Waals surface area contributed by atoms with Crippen LogP contribution in [-0.2, 0) is 57.3 Å². The lowest BCUT2D eigenvalue weighted by atomic mass is 10.0. The van der Waals surface area contributed by atoms with Crippen LogP contribution in [0, 0.1) is 17.8 Å². The molecule has 73 heavy (non-hydrogen) atoms. The van der Waals surface area contributed by atoms with Crippen molar-refractivity contribution < 1.29 is 62.5 Å². The SMILES string of the molecule is CC(CCN(C)I)n1nc2c(n1)CC[C@H]1[C@@H](CC2)[C@H]1COC(=O)NCCOCCOCCNC(=O)C(c1cccc(C(=O)O)n1)N1CCOCCOCCN(Cc2cccc(C(=O)O)n2)CCOCCOCC1. The van der Waals surface area contributed by atoms with E-state index >= 15 is 0 Å². The smallest absolute Gasteiger partial charge is 0.407 e. The molecule has 2 aliphatic carbocycles. The highest BCUT2D eigenvalue weighted by Gasteiger charge is 2.50. The van der Waals surface area contributed by atoms with Crippen molar-refractivity contribution in [2.24, 2.45) is 17.8 Å². The van der Waals surface area contributed by atoms with Crippen LogP contribution < -0.4 is 10.6 Å². The van der Waals surface area contributed by atoms with Crippen molar-refractivity contribution in [2.45, 2.75) is 57.7 Å². The van der Waals surface area contributed by atoms with Gasteiger partial charge in [0, 0.05) is 75.2 Å². The first-order valence-electron chi connectivity index (χ1n) is 25.3. The highest BCUT2D eigenvalue weighted by Crippen LogP contribution is 2.52. The zero-order valence-electron chi connectivity index (χ0n) is 42.1. The minimum absolute atomic E-state index is 0.0152. The number of carboxylic acid groups (broad SMARTS) is 2. The lowest BCUT2D eigenvalue weighted by molar-refractivity contribution is -0.128. The number of aromatic carboxylic acids is 2. The van der Waals surface area contributed by atoms with Crippen molar-refractivity contribution >= 4 is 46.8 Å². The molecule has 2 unspecified atom stereocenters. The van der Waals surface area contributed by atoms with Crippen molar-refractivity contribution in [3.05, 3.63) is 70.6 Å². The van der Waals surface area contributed by atoms with Gasteiger partial charge >= 0.3 is 18.0 Å². The lowest BCUT2D eigenvalue weighted by Gasteiger charge is -2.30. The molecule has 1 saturated carbocycles. The second-order valence-electron chi connectivity index (χ2n) is 18.2. The molecule has 2 fully saturated rings. The van der Waals surface area contributed by atoms with Gasteiger partial charge in [-0.3, -0.25) is 17.7 Å². The fourth-order valence-corrected chi connectivity index (χ4v) is 9.24. The Kier molecular flexibility index (Phi) is 24.8. The topological polar surface area (TPSA) is 264 Å². The van der Waals surface area contributed by atoms with E-state index in [1.807, 2.05) is 9.70 Å².